The zero-order chi connectivity index (χ0) is 28.6. The molecule has 0 radical (unpaired) electrons. The van der Waals surface area contributed by atoms with Crippen LogP contribution in [-0.2, 0) is 0 Å². The maximum atomic E-state index is 6.10. The Bertz CT molecular complexity index is 1260. The second-order valence-corrected chi connectivity index (χ2v) is 42.0. The van der Waals surface area contributed by atoms with E-state index in [0.29, 0.717) is 0 Å². The molecule has 0 aliphatic carbocycles. The second-order valence-electron chi connectivity index (χ2n) is 8.91. The first kappa shape index (κ1) is 32.0. The van der Waals surface area contributed by atoms with Crippen LogP contribution in [0.4, 0.5) is 0 Å². The van der Waals surface area contributed by atoms with Crippen molar-refractivity contribution in [3.63, 3.8) is 0 Å². The van der Waals surface area contributed by atoms with E-state index in [-0.39, 0.29) is 0 Å². The highest BCUT2D eigenvalue weighted by atomic mass is 32.7. The number of thiocarbonyl (C=S) groups is 4. The lowest BCUT2D eigenvalue weighted by Crippen LogP contribution is -2.53. The molecule has 0 aliphatic rings. The SMILES string of the molecule is C[Si](SC(=S)c1ccccc1)(SC(=S)c1ccccc1)[Si](C)(SC(=S)c1ccccc1)SC(=S)c1ccccc1. The fourth-order valence-corrected chi connectivity index (χ4v) is 49.2. The molecule has 202 valence electrons. The molecule has 4 aromatic rings. The van der Waals surface area contributed by atoms with Crippen molar-refractivity contribution in [1.82, 2.24) is 0 Å². The van der Waals surface area contributed by atoms with Gasteiger partial charge in [-0.05, 0) is 22.3 Å². The van der Waals surface area contributed by atoms with Crippen molar-refractivity contribution >= 4 is 122 Å². The number of hydrogen-bond donors (Lipinski definition) is 0. The summed E-state index contributed by atoms with van der Waals surface area (Å²) in [5.74, 6) is -4.89. The highest BCUT2D eigenvalue weighted by Gasteiger charge is 2.55. The average molecular weight is 699 g/mol. The number of hydrogen-bond acceptors (Lipinski definition) is 8. The van der Waals surface area contributed by atoms with Crippen molar-refractivity contribution in [3.8, 4) is 0 Å². The Balaban J connectivity index is 1.78. The van der Waals surface area contributed by atoms with Gasteiger partial charge in [-0.1, -0.05) is 183 Å². The molecule has 4 aromatic carbocycles. The summed E-state index contributed by atoms with van der Waals surface area (Å²) in [5.41, 5.74) is 4.26. The molecule has 0 unspecified atom stereocenters. The van der Waals surface area contributed by atoms with Crippen molar-refractivity contribution in [2.24, 2.45) is 0 Å². The summed E-state index contributed by atoms with van der Waals surface area (Å²) in [7, 11) is 0. The van der Waals surface area contributed by atoms with E-state index in [0.717, 1.165) is 39.0 Å². The third kappa shape index (κ3) is 8.34. The second kappa shape index (κ2) is 15.0. The van der Waals surface area contributed by atoms with Gasteiger partial charge in [-0.2, -0.15) is 0 Å². The maximum Gasteiger partial charge on any atom is 0.201 e. The Morgan fingerprint density at radius 2 is 0.550 bits per heavy atom. The zero-order valence-electron chi connectivity index (χ0n) is 21.8. The van der Waals surface area contributed by atoms with Crippen LogP contribution in [0.2, 0.25) is 13.1 Å². The first-order valence-electron chi connectivity index (χ1n) is 12.3. The lowest BCUT2D eigenvalue weighted by atomic mass is 10.2. The molecule has 0 spiro atoms. The minimum absolute atomic E-state index is 0.898. The molecule has 10 heteroatoms. The van der Waals surface area contributed by atoms with E-state index in [2.05, 4.69) is 61.6 Å². The molecule has 0 bridgehead atoms. The third-order valence-corrected chi connectivity index (χ3v) is 52.7. The molecule has 0 saturated heterocycles. The van der Waals surface area contributed by atoms with Crippen LogP contribution in [-0.4, -0.2) is 28.6 Å². The normalized spacial score (nSPS) is 11.6. The summed E-state index contributed by atoms with van der Waals surface area (Å²) in [4.78, 5) is 0. The topological polar surface area (TPSA) is 0 Å². The summed E-state index contributed by atoms with van der Waals surface area (Å²) < 4.78 is 3.59. The van der Waals surface area contributed by atoms with Gasteiger partial charge in [-0.25, -0.2) is 0 Å². The number of benzene rings is 4. The molecule has 0 atom stereocenters. The van der Waals surface area contributed by atoms with Gasteiger partial charge in [0.25, 0.3) is 0 Å². The van der Waals surface area contributed by atoms with Crippen molar-refractivity contribution in [3.05, 3.63) is 144 Å². The fourth-order valence-electron chi connectivity index (χ4n) is 3.65. The van der Waals surface area contributed by atoms with Gasteiger partial charge in [0, 0.05) is 0 Å². The van der Waals surface area contributed by atoms with Crippen LogP contribution in [0.1, 0.15) is 22.3 Å². The highest BCUT2D eigenvalue weighted by Crippen LogP contribution is 2.54. The fraction of sp³-hybridized carbons (Fsp3) is 0.0667. The van der Waals surface area contributed by atoms with Gasteiger partial charge in [0.2, 0.25) is 11.8 Å². The number of rotatable bonds is 9. The van der Waals surface area contributed by atoms with Crippen LogP contribution >= 0.6 is 93.7 Å². The molecule has 40 heavy (non-hydrogen) atoms. The van der Waals surface area contributed by atoms with Crippen molar-refractivity contribution in [1.29, 1.82) is 0 Å². The van der Waals surface area contributed by atoms with Gasteiger partial charge < -0.3 is 0 Å². The lowest BCUT2D eigenvalue weighted by Gasteiger charge is -2.41. The Labute approximate surface area is 276 Å². The van der Waals surface area contributed by atoms with Crippen molar-refractivity contribution < 1.29 is 0 Å². The van der Waals surface area contributed by atoms with E-state index in [1.54, 1.807) is 0 Å². The third-order valence-electron chi connectivity index (χ3n) is 6.01. The minimum Gasteiger partial charge on any atom is -0.127 e. The van der Waals surface area contributed by atoms with Crippen LogP contribution in [0, 0.1) is 0 Å². The van der Waals surface area contributed by atoms with Gasteiger partial charge in [0.1, 0.15) is 0 Å². The van der Waals surface area contributed by atoms with E-state index in [1.165, 1.54) is 0 Å². The molecule has 0 aliphatic heterocycles. The Hall–Kier alpha value is -0.926. The minimum atomic E-state index is -2.45. The van der Waals surface area contributed by atoms with Crippen molar-refractivity contribution in [2.45, 2.75) is 13.1 Å². The van der Waals surface area contributed by atoms with E-state index < -0.39 is 11.8 Å². The van der Waals surface area contributed by atoms with Gasteiger partial charge in [-0.3, -0.25) is 0 Å². The van der Waals surface area contributed by atoms with E-state index >= 15 is 0 Å². The zero-order valence-corrected chi connectivity index (χ0v) is 30.3. The van der Waals surface area contributed by atoms with Crippen LogP contribution in [0.3, 0.4) is 0 Å². The Morgan fingerprint density at radius 1 is 0.375 bits per heavy atom. The van der Waals surface area contributed by atoms with Crippen LogP contribution < -0.4 is 0 Å². The summed E-state index contributed by atoms with van der Waals surface area (Å²) in [6, 6.07) is 41.1. The monoisotopic (exact) mass is 698 g/mol. The van der Waals surface area contributed by atoms with Gasteiger partial charge in [-0.15, -0.1) is 44.8 Å². The maximum absolute atomic E-state index is 6.10. The van der Waals surface area contributed by atoms with Gasteiger partial charge in [0.05, 0.1) is 16.8 Å². The molecule has 0 N–H and O–H groups in total. The Morgan fingerprint density at radius 3 is 0.725 bits per heavy atom. The summed E-state index contributed by atoms with van der Waals surface area (Å²) in [5, 5.41) is 0. The first-order valence-corrected chi connectivity index (χ1v) is 26.1. The molecule has 0 fully saturated rings. The van der Waals surface area contributed by atoms with E-state index in [1.807, 2.05) is 118 Å². The molecular formula is C30H26S8Si2. The van der Waals surface area contributed by atoms with Gasteiger partial charge >= 0.3 is 0 Å². The molecule has 0 heterocycles. The molecule has 4 rings (SSSR count). The largest absolute Gasteiger partial charge is 0.201 e. The first-order chi connectivity index (χ1) is 19.2. The van der Waals surface area contributed by atoms with Gasteiger partial charge in [0.15, 0.2) is 0 Å². The predicted molar refractivity (Wildman–Crippen MR) is 206 cm³/mol. The van der Waals surface area contributed by atoms with E-state index in [9.17, 15) is 0 Å². The highest BCUT2D eigenvalue weighted by molar-refractivity contribution is 8.91. The lowest BCUT2D eigenvalue weighted by molar-refractivity contribution is 1.69. The average Bonchev–Trinajstić information content (AvgIpc) is 2.98. The summed E-state index contributed by atoms with van der Waals surface area (Å²) >= 11 is 31.8. The van der Waals surface area contributed by atoms with E-state index in [4.69, 9.17) is 48.9 Å². The molecular weight excluding hydrogens is 673 g/mol. The summed E-state index contributed by atoms with van der Waals surface area (Å²) in [6.07, 6.45) is 0. The van der Waals surface area contributed by atoms with Crippen LogP contribution in [0.15, 0.2) is 121 Å². The molecule has 0 amide bonds. The quantitative estimate of drug-likeness (QED) is 0.124. The summed E-state index contributed by atoms with van der Waals surface area (Å²) in [6.45, 7) is 4.83. The predicted octanol–water partition coefficient (Wildman–Crippen LogP) is 10.6. The van der Waals surface area contributed by atoms with Crippen LogP contribution in [0.5, 0.6) is 0 Å². The molecule has 0 aromatic heterocycles. The molecule has 0 saturated carbocycles. The Kier molecular flexibility index (Phi) is 12.0. The van der Waals surface area contributed by atoms with Crippen LogP contribution in [0.25, 0.3) is 0 Å². The standard InChI is InChI=1S/C30H26S8Si2/c1-39(35-27(31)23-15-7-3-8-16-23,36-28(32)24-17-9-4-10-18-24)40(2,37-29(33)25-19-11-5-12-20-25)38-30(34)26-21-13-6-14-22-26/h3-22H,1-2H3. The molecule has 0 nitrogen and oxygen atoms in total. The van der Waals surface area contributed by atoms with Crippen molar-refractivity contribution in [2.75, 3.05) is 0 Å². The smallest absolute Gasteiger partial charge is 0.127 e.